The van der Waals surface area contributed by atoms with Crippen molar-refractivity contribution in [2.24, 2.45) is 0 Å². The number of thiazole rings is 1. The summed E-state index contributed by atoms with van der Waals surface area (Å²) in [4.78, 5) is 20.7. The van der Waals surface area contributed by atoms with Gasteiger partial charge in [0.2, 0.25) is 0 Å². The third kappa shape index (κ3) is 4.08. The van der Waals surface area contributed by atoms with E-state index in [1.54, 1.807) is 11.3 Å². The van der Waals surface area contributed by atoms with Crippen molar-refractivity contribution >= 4 is 22.4 Å². The highest BCUT2D eigenvalue weighted by atomic mass is 32.1. The third-order valence-corrected chi connectivity index (χ3v) is 5.86. The van der Waals surface area contributed by atoms with Crippen LogP contribution in [0.15, 0.2) is 24.3 Å². The fourth-order valence-corrected chi connectivity index (χ4v) is 4.40. The second-order valence-corrected chi connectivity index (χ2v) is 7.72. The van der Waals surface area contributed by atoms with Crippen molar-refractivity contribution in [3.05, 3.63) is 46.0 Å². The lowest BCUT2D eigenvalue weighted by molar-refractivity contribution is 0.0342. The van der Waals surface area contributed by atoms with Crippen LogP contribution in [0, 0.1) is 0 Å². The first-order valence-electron chi connectivity index (χ1n) is 8.97. The SMILES string of the molecule is O=C(Nc1nc2c(s1)CCCC2)c1ccc(CN2CCOCC2)cc1. The van der Waals surface area contributed by atoms with Crippen LogP contribution in [0.25, 0.3) is 0 Å². The number of anilines is 1. The third-order valence-electron chi connectivity index (χ3n) is 4.79. The Bertz CT molecular complexity index is 712. The molecule has 6 heteroatoms. The summed E-state index contributed by atoms with van der Waals surface area (Å²) in [6, 6.07) is 7.88. The number of benzene rings is 1. The van der Waals surface area contributed by atoms with Crippen LogP contribution in [0.5, 0.6) is 0 Å². The smallest absolute Gasteiger partial charge is 0.257 e. The minimum atomic E-state index is -0.0796. The number of carbonyl (C=O) groups is 1. The van der Waals surface area contributed by atoms with Crippen LogP contribution in [0.2, 0.25) is 0 Å². The summed E-state index contributed by atoms with van der Waals surface area (Å²) >= 11 is 1.62. The molecule has 2 aliphatic rings. The van der Waals surface area contributed by atoms with Crippen LogP contribution in [0.4, 0.5) is 5.13 Å². The molecule has 1 fully saturated rings. The van der Waals surface area contributed by atoms with Crippen molar-refractivity contribution in [2.45, 2.75) is 32.2 Å². The van der Waals surface area contributed by atoms with Crippen molar-refractivity contribution < 1.29 is 9.53 Å². The largest absolute Gasteiger partial charge is 0.379 e. The van der Waals surface area contributed by atoms with Gasteiger partial charge in [-0.2, -0.15) is 0 Å². The van der Waals surface area contributed by atoms with Gasteiger partial charge in [0.1, 0.15) is 0 Å². The second kappa shape index (κ2) is 7.64. The van der Waals surface area contributed by atoms with Crippen LogP contribution >= 0.6 is 11.3 Å². The van der Waals surface area contributed by atoms with Gasteiger partial charge < -0.3 is 4.74 Å². The van der Waals surface area contributed by atoms with Crippen LogP contribution in [-0.4, -0.2) is 42.1 Å². The number of ether oxygens (including phenoxy) is 1. The Balaban J connectivity index is 1.37. The van der Waals surface area contributed by atoms with Gasteiger partial charge in [0.15, 0.2) is 5.13 Å². The number of aryl methyl sites for hydroxylation is 2. The highest BCUT2D eigenvalue weighted by Crippen LogP contribution is 2.29. The predicted molar refractivity (Wildman–Crippen MR) is 99.2 cm³/mol. The highest BCUT2D eigenvalue weighted by Gasteiger charge is 2.17. The van der Waals surface area contributed by atoms with E-state index in [0.29, 0.717) is 5.56 Å². The molecule has 2 aromatic rings. The van der Waals surface area contributed by atoms with Gasteiger partial charge in [-0.25, -0.2) is 4.98 Å². The summed E-state index contributed by atoms with van der Waals surface area (Å²) < 4.78 is 5.38. The number of fused-ring (bicyclic) bond motifs is 1. The van der Waals surface area contributed by atoms with Crippen LogP contribution in [0.1, 0.15) is 39.3 Å². The standard InChI is InChI=1S/C19H23N3O2S/c23-18(21-19-20-16-3-1-2-4-17(16)25-19)15-7-5-14(6-8-15)13-22-9-11-24-12-10-22/h5-8H,1-4,9-13H2,(H,20,21,23). The van der Waals surface area contributed by atoms with Gasteiger partial charge in [0.25, 0.3) is 5.91 Å². The molecule has 1 amide bonds. The Hall–Kier alpha value is -1.76. The van der Waals surface area contributed by atoms with E-state index in [4.69, 9.17) is 4.74 Å². The Labute approximate surface area is 152 Å². The molecule has 25 heavy (non-hydrogen) atoms. The minimum Gasteiger partial charge on any atom is -0.379 e. The molecule has 0 bridgehead atoms. The molecule has 4 rings (SSSR count). The summed E-state index contributed by atoms with van der Waals surface area (Å²) in [7, 11) is 0. The van der Waals surface area contributed by atoms with E-state index in [1.807, 2.05) is 24.3 Å². The molecule has 5 nitrogen and oxygen atoms in total. The van der Waals surface area contributed by atoms with Crippen LogP contribution < -0.4 is 5.32 Å². The first kappa shape index (κ1) is 16.7. The number of aromatic nitrogens is 1. The molecule has 1 aromatic carbocycles. The maximum Gasteiger partial charge on any atom is 0.257 e. The van der Waals surface area contributed by atoms with Gasteiger partial charge in [-0.3, -0.25) is 15.0 Å². The van der Waals surface area contributed by atoms with E-state index in [9.17, 15) is 4.79 Å². The first-order valence-corrected chi connectivity index (χ1v) is 9.78. The molecule has 0 saturated carbocycles. The summed E-state index contributed by atoms with van der Waals surface area (Å²) in [5.74, 6) is -0.0796. The van der Waals surface area contributed by atoms with Crippen LogP contribution in [0.3, 0.4) is 0 Å². The maximum absolute atomic E-state index is 12.5. The van der Waals surface area contributed by atoms with Crippen molar-refractivity contribution in [1.82, 2.24) is 9.88 Å². The van der Waals surface area contributed by atoms with Crippen LogP contribution in [-0.2, 0) is 24.1 Å². The fraction of sp³-hybridized carbons (Fsp3) is 0.474. The normalized spacial score (nSPS) is 17.9. The average Bonchev–Trinajstić information content (AvgIpc) is 3.05. The molecule has 0 spiro atoms. The molecule has 0 unspecified atom stereocenters. The summed E-state index contributed by atoms with van der Waals surface area (Å²) in [6.07, 6.45) is 4.57. The van der Waals surface area contributed by atoms with E-state index >= 15 is 0 Å². The van der Waals surface area contributed by atoms with Gasteiger partial charge in [0, 0.05) is 30.1 Å². The van der Waals surface area contributed by atoms with Gasteiger partial charge in [-0.05, 0) is 43.4 Å². The van der Waals surface area contributed by atoms with Gasteiger partial charge in [-0.15, -0.1) is 11.3 Å². The summed E-state index contributed by atoms with van der Waals surface area (Å²) in [5, 5.41) is 3.69. The number of nitrogens with one attached hydrogen (secondary N) is 1. The molecule has 1 saturated heterocycles. The molecule has 1 aromatic heterocycles. The van der Waals surface area contributed by atoms with E-state index in [0.717, 1.165) is 50.8 Å². The Kier molecular flexibility index (Phi) is 5.10. The molecule has 0 radical (unpaired) electrons. The zero-order chi connectivity index (χ0) is 17.1. The summed E-state index contributed by atoms with van der Waals surface area (Å²) in [6.45, 7) is 4.45. The quantitative estimate of drug-likeness (QED) is 0.913. The molecule has 1 aliphatic carbocycles. The Morgan fingerprint density at radius 1 is 1.16 bits per heavy atom. The molecule has 132 valence electrons. The monoisotopic (exact) mass is 357 g/mol. The van der Waals surface area contributed by atoms with Crippen molar-refractivity contribution in [1.29, 1.82) is 0 Å². The molecule has 2 heterocycles. The zero-order valence-corrected chi connectivity index (χ0v) is 15.1. The van der Waals surface area contributed by atoms with Crippen molar-refractivity contribution in [2.75, 3.05) is 31.6 Å². The van der Waals surface area contributed by atoms with Crippen molar-refractivity contribution in [3.63, 3.8) is 0 Å². The maximum atomic E-state index is 12.5. The number of nitrogens with zero attached hydrogens (tertiary/aromatic N) is 2. The first-order chi connectivity index (χ1) is 12.3. The molecular formula is C19H23N3O2S. The number of morpholine rings is 1. The number of hydrogen-bond donors (Lipinski definition) is 1. The molecule has 1 aliphatic heterocycles. The fourth-order valence-electron chi connectivity index (χ4n) is 3.35. The lowest BCUT2D eigenvalue weighted by Crippen LogP contribution is -2.35. The number of carbonyl (C=O) groups excluding carboxylic acids is 1. The molecular weight excluding hydrogens is 334 g/mol. The van der Waals surface area contributed by atoms with E-state index in [-0.39, 0.29) is 5.91 Å². The lowest BCUT2D eigenvalue weighted by Gasteiger charge is -2.26. The Morgan fingerprint density at radius 2 is 1.92 bits per heavy atom. The van der Waals surface area contributed by atoms with Gasteiger partial charge >= 0.3 is 0 Å². The van der Waals surface area contributed by atoms with E-state index in [1.165, 1.54) is 29.0 Å². The number of rotatable bonds is 4. The topological polar surface area (TPSA) is 54.5 Å². The molecule has 1 N–H and O–H groups in total. The van der Waals surface area contributed by atoms with Gasteiger partial charge in [-0.1, -0.05) is 12.1 Å². The van der Waals surface area contributed by atoms with E-state index < -0.39 is 0 Å². The predicted octanol–water partition coefficient (Wildman–Crippen LogP) is 3.11. The van der Waals surface area contributed by atoms with E-state index in [2.05, 4.69) is 15.2 Å². The minimum absolute atomic E-state index is 0.0796. The zero-order valence-electron chi connectivity index (χ0n) is 14.3. The average molecular weight is 357 g/mol. The number of amides is 1. The van der Waals surface area contributed by atoms with Gasteiger partial charge in [0.05, 0.1) is 18.9 Å². The number of hydrogen-bond acceptors (Lipinski definition) is 5. The summed E-state index contributed by atoms with van der Waals surface area (Å²) in [5.41, 5.74) is 3.08. The second-order valence-electron chi connectivity index (χ2n) is 6.64. The van der Waals surface area contributed by atoms with Crippen molar-refractivity contribution in [3.8, 4) is 0 Å². The lowest BCUT2D eigenvalue weighted by atomic mass is 10.0. The molecule has 0 atom stereocenters. The Morgan fingerprint density at radius 3 is 2.68 bits per heavy atom. The highest BCUT2D eigenvalue weighted by molar-refractivity contribution is 7.15.